The Bertz CT molecular complexity index is 755. The van der Waals surface area contributed by atoms with Crippen molar-refractivity contribution in [3.63, 3.8) is 0 Å². The van der Waals surface area contributed by atoms with Crippen molar-refractivity contribution in [1.29, 1.82) is 0 Å². The van der Waals surface area contributed by atoms with E-state index in [0.29, 0.717) is 13.0 Å². The molecule has 5 nitrogen and oxygen atoms in total. The van der Waals surface area contributed by atoms with Gasteiger partial charge in [-0.05, 0) is 36.9 Å². The highest BCUT2D eigenvalue weighted by molar-refractivity contribution is 9.10. The van der Waals surface area contributed by atoms with Gasteiger partial charge in [0.05, 0.1) is 13.0 Å². The molecule has 0 atom stereocenters. The van der Waals surface area contributed by atoms with Crippen molar-refractivity contribution in [3.05, 3.63) is 51.3 Å². The van der Waals surface area contributed by atoms with E-state index in [0.717, 1.165) is 26.3 Å². The molecule has 118 valence electrons. The Balaban J connectivity index is 1.90. The minimum atomic E-state index is -3.42. The van der Waals surface area contributed by atoms with Gasteiger partial charge >= 0.3 is 0 Å². The molecule has 0 fully saturated rings. The summed E-state index contributed by atoms with van der Waals surface area (Å²) in [5.41, 5.74) is 0.922. The molecular weight excluding hydrogens is 388 g/mol. The van der Waals surface area contributed by atoms with E-state index in [9.17, 15) is 13.2 Å². The van der Waals surface area contributed by atoms with Gasteiger partial charge in [-0.2, -0.15) is 0 Å². The van der Waals surface area contributed by atoms with Gasteiger partial charge in [-0.1, -0.05) is 28.1 Å². The maximum atomic E-state index is 11.9. The number of amides is 1. The standard InChI is InChI=1S/C14H15BrN2O3S2/c1-16-22(19,20)14-7-6-12(21-14)9-17-13(18)8-10-2-4-11(15)5-3-10/h2-7,16H,8-9H2,1H3,(H,17,18). The fourth-order valence-corrected chi connectivity index (χ4v) is 4.13. The van der Waals surface area contributed by atoms with Crippen LogP contribution in [0.4, 0.5) is 0 Å². The molecule has 0 spiro atoms. The Labute approximate surface area is 141 Å². The fourth-order valence-electron chi connectivity index (χ4n) is 1.73. The summed E-state index contributed by atoms with van der Waals surface area (Å²) in [4.78, 5) is 12.7. The molecule has 1 aromatic carbocycles. The molecule has 0 aliphatic heterocycles. The lowest BCUT2D eigenvalue weighted by Gasteiger charge is -2.04. The van der Waals surface area contributed by atoms with Crippen LogP contribution in [-0.4, -0.2) is 21.4 Å². The fraction of sp³-hybridized carbons (Fsp3) is 0.214. The lowest BCUT2D eigenvalue weighted by atomic mass is 10.1. The van der Waals surface area contributed by atoms with Crippen LogP contribution in [-0.2, 0) is 27.8 Å². The second kappa shape index (κ2) is 7.36. The SMILES string of the molecule is CNS(=O)(=O)c1ccc(CNC(=O)Cc2ccc(Br)cc2)s1. The number of thiophene rings is 1. The number of hydrogen-bond acceptors (Lipinski definition) is 4. The molecule has 0 saturated heterocycles. The summed E-state index contributed by atoms with van der Waals surface area (Å²) in [5.74, 6) is -0.103. The third-order valence-electron chi connectivity index (χ3n) is 2.91. The average Bonchev–Trinajstić information content (AvgIpc) is 2.97. The molecule has 0 unspecified atom stereocenters. The van der Waals surface area contributed by atoms with Gasteiger partial charge in [-0.25, -0.2) is 13.1 Å². The molecule has 0 saturated carbocycles. The van der Waals surface area contributed by atoms with Crippen LogP contribution in [0.2, 0.25) is 0 Å². The van der Waals surface area contributed by atoms with Crippen LogP contribution in [0.3, 0.4) is 0 Å². The number of benzene rings is 1. The maximum absolute atomic E-state index is 11.9. The zero-order valence-electron chi connectivity index (χ0n) is 11.8. The van der Waals surface area contributed by atoms with Gasteiger partial charge < -0.3 is 5.32 Å². The van der Waals surface area contributed by atoms with Crippen molar-refractivity contribution >= 4 is 43.2 Å². The molecule has 1 heterocycles. The van der Waals surface area contributed by atoms with Gasteiger partial charge in [0, 0.05) is 9.35 Å². The summed E-state index contributed by atoms with van der Waals surface area (Å²) in [5, 5.41) is 2.79. The monoisotopic (exact) mass is 402 g/mol. The third-order valence-corrected chi connectivity index (χ3v) is 6.43. The van der Waals surface area contributed by atoms with E-state index in [1.54, 1.807) is 6.07 Å². The first-order valence-electron chi connectivity index (χ1n) is 6.44. The van der Waals surface area contributed by atoms with E-state index >= 15 is 0 Å². The molecule has 2 N–H and O–H groups in total. The molecule has 2 rings (SSSR count). The molecule has 0 radical (unpaired) electrons. The van der Waals surface area contributed by atoms with Crippen molar-refractivity contribution in [1.82, 2.24) is 10.0 Å². The number of rotatable bonds is 6. The van der Waals surface area contributed by atoms with Crippen LogP contribution >= 0.6 is 27.3 Å². The Morgan fingerprint density at radius 1 is 1.18 bits per heavy atom. The first kappa shape index (κ1) is 17.1. The molecule has 2 aromatic rings. The zero-order chi connectivity index (χ0) is 16.2. The number of halogens is 1. The van der Waals surface area contributed by atoms with Crippen molar-refractivity contribution < 1.29 is 13.2 Å². The van der Waals surface area contributed by atoms with Crippen LogP contribution < -0.4 is 10.0 Å². The average molecular weight is 403 g/mol. The summed E-state index contributed by atoms with van der Waals surface area (Å²) >= 11 is 4.49. The molecule has 22 heavy (non-hydrogen) atoms. The molecule has 0 aliphatic rings. The van der Waals surface area contributed by atoms with Gasteiger partial charge in [-0.15, -0.1) is 11.3 Å². The summed E-state index contributed by atoms with van der Waals surface area (Å²) in [7, 11) is -2.05. The summed E-state index contributed by atoms with van der Waals surface area (Å²) in [6.45, 7) is 0.319. The molecular formula is C14H15BrN2O3S2. The minimum absolute atomic E-state index is 0.103. The first-order chi connectivity index (χ1) is 10.4. The quantitative estimate of drug-likeness (QED) is 0.777. The van der Waals surface area contributed by atoms with Crippen LogP contribution in [0.25, 0.3) is 0 Å². The summed E-state index contributed by atoms with van der Waals surface area (Å²) < 4.78 is 26.7. The lowest BCUT2D eigenvalue weighted by molar-refractivity contribution is -0.120. The number of nitrogens with one attached hydrogen (secondary N) is 2. The molecule has 0 bridgehead atoms. The number of carbonyl (C=O) groups is 1. The number of sulfonamides is 1. The lowest BCUT2D eigenvalue weighted by Crippen LogP contribution is -2.24. The van der Waals surface area contributed by atoms with Crippen LogP contribution in [0, 0.1) is 0 Å². The number of carbonyl (C=O) groups excluding carboxylic acids is 1. The molecule has 0 aliphatic carbocycles. The topological polar surface area (TPSA) is 75.3 Å². The van der Waals surface area contributed by atoms with Crippen molar-refractivity contribution in [2.75, 3.05) is 7.05 Å². The van der Waals surface area contributed by atoms with E-state index < -0.39 is 10.0 Å². The number of hydrogen-bond donors (Lipinski definition) is 2. The smallest absolute Gasteiger partial charge is 0.249 e. The first-order valence-corrected chi connectivity index (χ1v) is 9.53. The molecule has 1 amide bonds. The van der Waals surface area contributed by atoms with Crippen molar-refractivity contribution in [2.24, 2.45) is 0 Å². The van der Waals surface area contributed by atoms with Gasteiger partial charge in [-0.3, -0.25) is 4.79 Å². The summed E-state index contributed by atoms with van der Waals surface area (Å²) in [6, 6.07) is 10.8. The van der Waals surface area contributed by atoms with Gasteiger partial charge in [0.2, 0.25) is 15.9 Å². The highest BCUT2D eigenvalue weighted by Gasteiger charge is 2.14. The second-order valence-corrected chi connectivity index (χ2v) is 8.71. The minimum Gasteiger partial charge on any atom is -0.351 e. The van der Waals surface area contributed by atoms with Gasteiger partial charge in [0.1, 0.15) is 4.21 Å². The van der Waals surface area contributed by atoms with E-state index in [2.05, 4.69) is 26.0 Å². The largest absolute Gasteiger partial charge is 0.351 e. The Morgan fingerprint density at radius 3 is 2.50 bits per heavy atom. The second-order valence-electron chi connectivity index (χ2n) is 4.51. The predicted molar refractivity (Wildman–Crippen MR) is 90.3 cm³/mol. The van der Waals surface area contributed by atoms with Gasteiger partial charge in [0.25, 0.3) is 0 Å². The highest BCUT2D eigenvalue weighted by atomic mass is 79.9. The van der Waals surface area contributed by atoms with E-state index in [1.807, 2.05) is 24.3 Å². The van der Waals surface area contributed by atoms with E-state index in [1.165, 1.54) is 13.1 Å². The van der Waals surface area contributed by atoms with Crippen LogP contribution in [0.1, 0.15) is 10.4 Å². The third kappa shape index (κ3) is 4.64. The van der Waals surface area contributed by atoms with E-state index in [-0.39, 0.29) is 10.1 Å². The van der Waals surface area contributed by atoms with Crippen molar-refractivity contribution in [2.45, 2.75) is 17.2 Å². The predicted octanol–water partition coefficient (Wildman–Crippen LogP) is 2.28. The Kier molecular flexibility index (Phi) is 5.74. The molecule has 1 aromatic heterocycles. The molecule has 8 heteroatoms. The van der Waals surface area contributed by atoms with Gasteiger partial charge in [0.15, 0.2) is 0 Å². The summed E-state index contributed by atoms with van der Waals surface area (Å²) in [6.07, 6.45) is 0.292. The normalized spacial score (nSPS) is 11.4. The Hall–Kier alpha value is -1.22. The highest BCUT2D eigenvalue weighted by Crippen LogP contribution is 2.21. The maximum Gasteiger partial charge on any atom is 0.249 e. The van der Waals surface area contributed by atoms with Crippen LogP contribution in [0.5, 0.6) is 0 Å². The Morgan fingerprint density at radius 2 is 1.86 bits per heavy atom. The van der Waals surface area contributed by atoms with E-state index in [4.69, 9.17) is 0 Å². The van der Waals surface area contributed by atoms with Crippen molar-refractivity contribution in [3.8, 4) is 0 Å². The zero-order valence-corrected chi connectivity index (χ0v) is 15.0. The van der Waals surface area contributed by atoms with Crippen LogP contribution in [0.15, 0.2) is 45.1 Å².